The van der Waals surface area contributed by atoms with Crippen molar-refractivity contribution < 1.29 is 28.5 Å². The molecule has 0 aromatic heterocycles. The fourth-order valence-corrected chi connectivity index (χ4v) is 7.18. The molecule has 46 heavy (non-hydrogen) atoms. The smallest absolute Gasteiger partial charge is 0.206 e. The Morgan fingerprint density at radius 2 is 1.46 bits per heavy atom. The van der Waals surface area contributed by atoms with E-state index in [0.29, 0.717) is 53.2 Å². The number of rotatable bonds is 17. The van der Waals surface area contributed by atoms with Gasteiger partial charge in [-0.2, -0.15) is 0 Å². The first-order valence-corrected chi connectivity index (χ1v) is 16.4. The highest BCUT2D eigenvalue weighted by atomic mass is 16.5. The van der Waals surface area contributed by atoms with Crippen LogP contribution in [-0.2, 0) is 5.41 Å². The first-order valence-electron chi connectivity index (χ1n) is 16.4. The molecule has 10 heteroatoms. The third kappa shape index (κ3) is 8.20. The van der Waals surface area contributed by atoms with E-state index < -0.39 is 11.2 Å². The predicted molar refractivity (Wildman–Crippen MR) is 182 cm³/mol. The van der Waals surface area contributed by atoms with Gasteiger partial charge in [-0.1, -0.05) is 12.5 Å². The van der Waals surface area contributed by atoms with Crippen molar-refractivity contribution in [2.45, 2.75) is 69.2 Å². The van der Waals surface area contributed by atoms with E-state index in [9.17, 15) is 10.2 Å². The highest BCUT2D eigenvalue weighted by molar-refractivity contribution is 6.45. The molecule has 0 amide bonds. The van der Waals surface area contributed by atoms with Crippen LogP contribution < -0.4 is 23.7 Å². The second kappa shape index (κ2) is 16.8. The Hall–Kier alpha value is -3.63. The van der Waals surface area contributed by atoms with E-state index in [1.807, 2.05) is 18.2 Å². The summed E-state index contributed by atoms with van der Waals surface area (Å²) in [4.78, 5) is 19.1. The van der Waals surface area contributed by atoms with Gasteiger partial charge in [0, 0.05) is 23.4 Å². The number of carbonyl (C=O) groups excluding carboxylic acids is 1. The molecule has 2 fully saturated rings. The molecule has 1 atom stereocenters. The Kier molecular flexibility index (Phi) is 12.9. The summed E-state index contributed by atoms with van der Waals surface area (Å²) in [6, 6.07) is 9.74. The van der Waals surface area contributed by atoms with Gasteiger partial charge in [-0.15, -0.1) is 0 Å². The average Bonchev–Trinajstić information content (AvgIpc) is 3.11. The van der Waals surface area contributed by atoms with Gasteiger partial charge < -0.3 is 44.3 Å². The number of nitrogens with one attached hydrogen (secondary N) is 2. The van der Waals surface area contributed by atoms with E-state index in [-0.39, 0.29) is 12.1 Å². The maximum Gasteiger partial charge on any atom is 0.206 e. The van der Waals surface area contributed by atoms with Crippen LogP contribution in [0.4, 0.5) is 0 Å². The van der Waals surface area contributed by atoms with Crippen molar-refractivity contribution in [2.75, 3.05) is 68.3 Å². The van der Waals surface area contributed by atoms with E-state index in [1.54, 1.807) is 26.4 Å². The van der Waals surface area contributed by atoms with Gasteiger partial charge in [-0.3, -0.25) is 4.79 Å². The standard InChI is InChI=1S/C36H52N4O6/c1-42-30-11-10-27(24-31(30)43-2)36(14-9-16-37,15-21-39-19-12-28(13-20-39)40-17-7-6-8-18-40)25-29(38)34(41)26-22-32(44-3)35(46-5)33(23-26)45-4/h10-11,16,22-24,28,37-38H,6-9,12-15,17-21,25H2,1-5H3/t36-/m0/s1. The van der Waals surface area contributed by atoms with Gasteiger partial charge in [0.1, 0.15) is 0 Å². The van der Waals surface area contributed by atoms with Crippen LogP contribution in [0.1, 0.15) is 73.7 Å². The van der Waals surface area contributed by atoms with Crippen molar-refractivity contribution in [3.05, 3.63) is 41.5 Å². The minimum absolute atomic E-state index is 0.0159. The van der Waals surface area contributed by atoms with Gasteiger partial charge in [0.05, 0.1) is 41.3 Å². The molecule has 2 aromatic carbocycles. The van der Waals surface area contributed by atoms with Crippen LogP contribution in [0.2, 0.25) is 0 Å². The molecule has 2 aromatic rings. The molecule has 252 valence electrons. The van der Waals surface area contributed by atoms with Gasteiger partial charge in [0.25, 0.3) is 0 Å². The van der Waals surface area contributed by atoms with Crippen LogP contribution in [-0.4, -0.2) is 102 Å². The van der Waals surface area contributed by atoms with Crippen molar-refractivity contribution in [1.29, 1.82) is 10.8 Å². The minimum Gasteiger partial charge on any atom is -0.493 e. The number of benzene rings is 2. The van der Waals surface area contributed by atoms with Crippen LogP contribution in [0, 0.1) is 10.8 Å². The monoisotopic (exact) mass is 636 g/mol. The summed E-state index contributed by atoms with van der Waals surface area (Å²) in [5, 5.41) is 17.1. The topological polar surface area (TPSA) is 117 Å². The third-order valence-corrected chi connectivity index (χ3v) is 9.85. The number of methoxy groups -OCH3 is 5. The summed E-state index contributed by atoms with van der Waals surface area (Å²) < 4.78 is 27.6. The van der Waals surface area contributed by atoms with Gasteiger partial charge in [0.15, 0.2) is 23.0 Å². The Bertz CT molecular complexity index is 1310. The Morgan fingerprint density at radius 3 is 2.02 bits per heavy atom. The largest absolute Gasteiger partial charge is 0.493 e. The Labute approximate surface area is 274 Å². The van der Waals surface area contributed by atoms with Gasteiger partial charge in [-0.25, -0.2) is 0 Å². The number of carbonyl (C=O) groups is 1. The van der Waals surface area contributed by atoms with Crippen molar-refractivity contribution >= 4 is 17.7 Å². The second-order valence-corrected chi connectivity index (χ2v) is 12.4. The highest BCUT2D eigenvalue weighted by Gasteiger charge is 2.37. The average molecular weight is 637 g/mol. The van der Waals surface area contributed by atoms with E-state index in [1.165, 1.54) is 72.7 Å². The number of ketones is 1. The predicted octanol–water partition coefficient (Wildman–Crippen LogP) is 6.03. The molecule has 2 saturated heterocycles. The quantitative estimate of drug-likeness (QED) is 0.160. The number of ether oxygens (including phenoxy) is 5. The summed E-state index contributed by atoms with van der Waals surface area (Å²) in [5.74, 6) is 1.94. The van der Waals surface area contributed by atoms with Crippen molar-refractivity contribution in [2.24, 2.45) is 0 Å². The molecular weight excluding hydrogens is 584 g/mol. The molecule has 0 unspecified atom stereocenters. The number of hydrogen-bond acceptors (Lipinski definition) is 10. The third-order valence-electron chi connectivity index (χ3n) is 9.85. The van der Waals surface area contributed by atoms with Crippen LogP contribution >= 0.6 is 0 Å². The molecule has 2 aliphatic heterocycles. The SMILES string of the molecule is COc1ccc([C@@](CCC=N)(CCN2CCC(N3CCCCC3)CC2)CC(=N)C(=O)c2cc(OC)c(OC)c(OC)c2)cc1OC. The fourth-order valence-electron chi connectivity index (χ4n) is 7.18. The fraction of sp³-hybridized carbons (Fsp3) is 0.583. The summed E-state index contributed by atoms with van der Waals surface area (Å²) in [6.07, 6.45) is 9.79. The summed E-state index contributed by atoms with van der Waals surface area (Å²) in [5.41, 5.74) is 0.664. The lowest BCUT2D eigenvalue weighted by atomic mass is 9.69. The molecule has 0 radical (unpaired) electrons. The van der Waals surface area contributed by atoms with Crippen LogP contribution in [0.3, 0.4) is 0 Å². The van der Waals surface area contributed by atoms with Crippen molar-refractivity contribution in [1.82, 2.24) is 9.80 Å². The van der Waals surface area contributed by atoms with E-state index >= 15 is 0 Å². The first kappa shape index (κ1) is 35.2. The summed E-state index contributed by atoms with van der Waals surface area (Å²) in [6.45, 7) is 5.35. The van der Waals surface area contributed by atoms with Crippen LogP contribution in [0.25, 0.3) is 0 Å². The lowest BCUT2D eigenvalue weighted by Crippen LogP contribution is -2.47. The molecular formula is C36H52N4O6. The normalized spacial score (nSPS) is 17.5. The summed E-state index contributed by atoms with van der Waals surface area (Å²) >= 11 is 0. The second-order valence-electron chi connectivity index (χ2n) is 12.4. The number of Topliss-reactive ketones (excluding diaryl/α,β-unsaturated/α-hetero) is 1. The number of nitrogens with zero attached hydrogens (tertiary/aromatic N) is 2. The number of hydrogen-bond donors (Lipinski definition) is 2. The molecule has 2 aliphatic rings. The molecule has 10 nitrogen and oxygen atoms in total. The minimum atomic E-state index is -0.589. The number of likely N-dealkylation sites (tertiary alicyclic amines) is 2. The van der Waals surface area contributed by atoms with Crippen molar-refractivity contribution in [3.8, 4) is 28.7 Å². The zero-order chi connectivity index (χ0) is 33.1. The molecule has 0 aliphatic carbocycles. The highest BCUT2D eigenvalue weighted by Crippen LogP contribution is 2.43. The van der Waals surface area contributed by atoms with E-state index in [2.05, 4.69) is 9.80 Å². The number of piperidine rings is 2. The molecule has 2 N–H and O–H groups in total. The maximum atomic E-state index is 13.9. The van der Waals surface area contributed by atoms with Gasteiger partial charge >= 0.3 is 0 Å². The lowest BCUT2D eigenvalue weighted by molar-refractivity contribution is 0.0883. The Balaban J connectivity index is 1.63. The van der Waals surface area contributed by atoms with Gasteiger partial charge in [-0.05, 0) is 114 Å². The molecule has 2 heterocycles. The van der Waals surface area contributed by atoms with E-state index in [4.69, 9.17) is 29.1 Å². The van der Waals surface area contributed by atoms with E-state index in [0.717, 1.165) is 31.6 Å². The zero-order valence-corrected chi connectivity index (χ0v) is 28.3. The lowest BCUT2D eigenvalue weighted by Gasteiger charge is -2.42. The molecule has 4 rings (SSSR count). The zero-order valence-electron chi connectivity index (χ0n) is 28.3. The molecule has 0 bridgehead atoms. The van der Waals surface area contributed by atoms with Crippen molar-refractivity contribution in [3.63, 3.8) is 0 Å². The summed E-state index contributed by atoms with van der Waals surface area (Å²) in [7, 11) is 7.75. The van der Waals surface area contributed by atoms with Gasteiger partial charge in [0.2, 0.25) is 11.5 Å². The van der Waals surface area contributed by atoms with Crippen LogP contribution in [0.5, 0.6) is 28.7 Å². The molecule has 0 saturated carbocycles. The maximum absolute atomic E-state index is 13.9. The first-order chi connectivity index (χ1) is 22.3. The molecule has 0 spiro atoms. The Morgan fingerprint density at radius 1 is 0.826 bits per heavy atom. The van der Waals surface area contributed by atoms with Crippen LogP contribution in [0.15, 0.2) is 30.3 Å².